The molecule has 3 rings (SSSR count). The molecule has 5 nitrogen and oxygen atoms in total. The summed E-state index contributed by atoms with van der Waals surface area (Å²) < 4.78 is 5.36. The Morgan fingerprint density at radius 3 is 2.37 bits per heavy atom. The number of hydrogen-bond acceptors (Lipinski definition) is 4. The highest BCUT2D eigenvalue weighted by Crippen LogP contribution is 2.25. The Hall–Kier alpha value is -0.850. The first-order valence-corrected chi connectivity index (χ1v) is 9.45. The summed E-state index contributed by atoms with van der Waals surface area (Å²) in [4.78, 5) is 17.2. The zero-order chi connectivity index (χ0) is 17.7. The van der Waals surface area contributed by atoms with E-state index in [0.717, 1.165) is 39.0 Å². The molecule has 0 radical (unpaired) electrons. The number of rotatable bonds is 5. The Labute approximate surface area is 175 Å². The number of halogens is 2. The standard InChI is InChI=1S/C20H31N3O2.2ClH/c1-22(15-17-5-3-2-4-6-17)16-18-7-11-23(12-8-18)19(24)20(21)9-13-25-14-10-20;;/h2-6,18H,7-16,21H2,1H3;2*1H. The average molecular weight is 418 g/mol. The van der Waals surface area contributed by atoms with Crippen LogP contribution in [0.25, 0.3) is 0 Å². The number of amides is 1. The zero-order valence-electron chi connectivity index (χ0n) is 16.1. The predicted molar refractivity (Wildman–Crippen MR) is 114 cm³/mol. The van der Waals surface area contributed by atoms with E-state index >= 15 is 0 Å². The molecule has 1 aromatic carbocycles. The van der Waals surface area contributed by atoms with Gasteiger partial charge in [-0.2, -0.15) is 0 Å². The Balaban J connectivity index is 0.00000182. The molecule has 2 fully saturated rings. The molecule has 0 atom stereocenters. The first-order valence-electron chi connectivity index (χ1n) is 9.45. The van der Waals surface area contributed by atoms with Gasteiger partial charge in [0, 0.05) is 39.4 Å². The molecular formula is C20H33Cl2N3O2. The van der Waals surface area contributed by atoms with Crippen molar-refractivity contribution in [1.29, 1.82) is 0 Å². The fraction of sp³-hybridized carbons (Fsp3) is 0.650. The fourth-order valence-corrected chi connectivity index (χ4v) is 3.98. The molecular weight excluding hydrogens is 385 g/mol. The van der Waals surface area contributed by atoms with Crippen molar-refractivity contribution in [3.8, 4) is 0 Å². The lowest BCUT2D eigenvalue weighted by Gasteiger charge is -2.40. The summed E-state index contributed by atoms with van der Waals surface area (Å²) in [5, 5.41) is 0. The van der Waals surface area contributed by atoms with Gasteiger partial charge in [0.1, 0.15) is 0 Å². The van der Waals surface area contributed by atoms with Gasteiger partial charge in [0.25, 0.3) is 0 Å². The van der Waals surface area contributed by atoms with Crippen molar-refractivity contribution in [2.45, 2.75) is 37.8 Å². The topological polar surface area (TPSA) is 58.8 Å². The van der Waals surface area contributed by atoms with Crippen LogP contribution >= 0.6 is 24.8 Å². The SMILES string of the molecule is CN(Cc1ccccc1)CC1CCN(C(=O)C2(N)CCOCC2)CC1.Cl.Cl. The van der Waals surface area contributed by atoms with Crippen LogP contribution in [0.4, 0.5) is 0 Å². The van der Waals surface area contributed by atoms with Gasteiger partial charge in [-0.3, -0.25) is 4.79 Å². The molecule has 2 aliphatic heterocycles. The number of carbonyl (C=O) groups is 1. The summed E-state index contributed by atoms with van der Waals surface area (Å²) in [7, 11) is 2.18. The molecule has 27 heavy (non-hydrogen) atoms. The maximum atomic E-state index is 12.8. The van der Waals surface area contributed by atoms with Crippen LogP contribution < -0.4 is 5.73 Å². The van der Waals surface area contributed by atoms with Gasteiger partial charge in [-0.05, 0) is 44.2 Å². The maximum absolute atomic E-state index is 12.8. The van der Waals surface area contributed by atoms with Gasteiger partial charge < -0.3 is 20.3 Å². The molecule has 7 heteroatoms. The molecule has 0 spiro atoms. The number of nitrogens with two attached hydrogens (primary N) is 1. The van der Waals surface area contributed by atoms with Crippen molar-refractivity contribution >= 4 is 30.7 Å². The number of piperidine rings is 1. The Morgan fingerprint density at radius 2 is 1.78 bits per heavy atom. The van der Waals surface area contributed by atoms with Gasteiger partial charge in [0.05, 0.1) is 5.54 Å². The van der Waals surface area contributed by atoms with Crippen LogP contribution in [0.15, 0.2) is 30.3 Å². The summed E-state index contributed by atoms with van der Waals surface area (Å²) in [5.74, 6) is 0.785. The van der Waals surface area contributed by atoms with Crippen LogP contribution in [0.5, 0.6) is 0 Å². The lowest BCUT2D eigenvalue weighted by molar-refractivity contribution is -0.142. The molecule has 0 unspecified atom stereocenters. The van der Waals surface area contributed by atoms with Crippen molar-refractivity contribution in [2.75, 3.05) is 39.9 Å². The summed E-state index contributed by atoms with van der Waals surface area (Å²) >= 11 is 0. The third-order valence-electron chi connectivity index (χ3n) is 5.58. The monoisotopic (exact) mass is 417 g/mol. The normalized spacial score (nSPS) is 19.9. The molecule has 0 saturated carbocycles. The molecule has 2 aliphatic rings. The van der Waals surface area contributed by atoms with E-state index in [0.29, 0.717) is 32.0 Å². The largest absolute Gasteiger partial charge is 0.381 e. The predicted octanol–water partition coefficient (Wildman–Crippen LogP) is 2.71. The third kappa shape index (κ3) is 6.61. The zero-order valence-corrected chi connectivity index (χ0v) is 17.8. The summed E-state index contributed by atoms with van der Waals surface area (Å²) in [5.41, 5.74) is 7.01. The van der Waals surface area contributed by atoms with E-state index in [9.17, 15) is 4.79 Å². The van der Waals surface area contributed by atoms with Crippen molar-refractivity contribution in [2.24, 2.45) is 11.7 Å². The Bertz CT molecular complexity index is 560. The van der Waals surface area contributed by atoms with Crippen molar-refractivity contribution in [1.82, 2.24) is 9.80 Å². The van der Waals surface area contributed by atoms with Crippen molar-refractivity contribution in [3.63, 3.8) is 0 Å². The van der Waals surface area contributed by atoms with Crippen molar-refractivity contribution in [3.05, 3.63) is 35.9 Å². The number of carbonyl (C=O) groups excluding carboxylic acids is 1. The minimum atomic E-state index is -0.699. The van der Waals surface area contributed by atoms with Gasteiger partial charge in [-0.1, -0.05) is 30.3 Å². The molecule has 0 bridgehead atoms. The number of likely N-dealkylation sites (tertiary alicyclic amines) is 1. The van der Waals surface area contributed by atoms with Crippen molar-refractivity contribution < 1.29 is 9.53 Å². The second kappa shape index (κ2) is 11.2. The smallest absolute Gasteiger partial charge is 0.242 e. The number of nitrogens with zero attached hydrogens (tertiary/aromatic N) is 2. The van der Waals surface area contributed by atoms with Gasteiger partial charge >= 0.3 is 0 Å². The van der Waals surface area contributed by atoms with Crippen LogP contribution in [0.3, 0.4) is 0 Å². The number of hydrogen-bond donors (Lipinski definition) is 1. The number of ether oxygens (including phenoxy) is 1. The quantitative estimate of drug-likeness (QED) is 0.799. The lowest BCUT2D eigenvalue weighted by atomic mass is 9.88. The second-order valence-corrected chi connectivity index (χ2v) is 7.69. The van der Waals surface area contributed by atoms with E-state index in [1.54, 1.807) is 0 Å². The summed E-state index contributed by atoms with van der Waals surface area (Å²) in [6.45, 7) is 4.93. The Morgan fingerprint density at radius 1 is 1.19 bits per heavy atom. The highest BCUT2D eigenvalue weighted by atomic mass is 35.5. The first-order chi connectivity index (χ1) is 12.1. The second-order valence-electron chi connectivity index (χ2n) is 7.69. The van der Waals surface area contributed by atoms with Gasteiger partial charge in [0.2, 0.25) is 5.91 Å². The molecule has 0 aromatic heterocycles. The minimum Gasteiger partial charge on any atom is -0.381 e. The van der Waals surface area contributed by atoms with Crippen LogP contribution in [-0.2, 0) is 16.1 Å². The molecule has 154 valence electrons. The molecule has 1 amide bonds. The fourth-order valence-electron chi connectivity index (χ4n) is 3.98. The first kappa shape index (κ1) is 24.2. The molecule has 2 saturated heterocycles. The van der Waals surface area contributed by atoms with E-state index in [-0.39, 0.29) is 30.7 Å². The third-order valence-corrected chi connectivity index (χ3v) is 5.58. The number of benzene rings is 1. The molecule has 0 aliphatic carbocycles. The summed E-state index contributed by atoms with van der Waals surface area (Å²) in [6, 6.07) is 10.6. The van der Waals surface area contributed by atoms with E-state index in [1.165, 1.54) is 5.56 Å². The van der Waals surface area contributed by atoms with Crippen LogP contribution in [0.2, 0.25) is 0 Å². The van der Waals surface area contributed by atoms with Crippen LogP contribution in [0.1, 0.15) is 31.2 Å². The highest BCUT2D eigenvalue weighted by molar-refractivity contribution is 5.86. The highest BCUT2D eigenvalue weighted by Gasteiger charge is 2.39. The van der Waals surface area contributed by atoms with Crippen LogP contribution in [0, 0.1) is 5.92 Å². The van der Waals surface area contributed by atoms with Gasteiger partial charge in [-0.25, -0.2) is 0 Å². The maximum Gasteiger partial charge on any atom is 0.242 e. The molecule has 2 N–H and O–H groups in total. The molecule has 1 aromatic rings. The minimum absolute atomic E-state index is 0. The van der Waals surface area contributed by atoms with E-state index in [1.807, 2.05) is 4.90 Å². The van der Waals surface area contributed by atoms with Gasteiger partial charge in [0.15, 0.2) is 0 Å². The van der Waals surface area contributed by atoms with E-state index in [4.69, 9.17) is 10.5 Å². The lowest BCUT2D eigenvalue weighted by Crippen LogP contribution is -2.59. The summed E-state index contributed by atoms with van der Waals surface area (Å²) in [6.07, 6.45) is 3.42. The van der Waals surface area contributed by atoms with Crippen LogP contribution in [-0.4, -0.2) is 61.1 Å². The average Bonchev–Trinajstić information content (AvgIpc) is 2.63. The van der Waals surface area contributed by atoms with E-state index in [2.05, 4.69) is 42.3 Å². The van der Waals surface area contributed by atoms with E-state index < -0.39 is 5.54 Å². The Kier molecular flexibility index (Phi) is 10.1. The van der Waals surface area contributed by atoms with Gasteiger partial charge in [-0.15, -0.1) is 24.8 Å². The molecule has 2 heterocycles.